The van der Waals surface area contributed by atoms with E-state index >= 15 is 0 Å². The van der Waals surface area contributed by atoms with Crippen LogP contribution in [0.4, 0.5) is 4.39 Å². The third kappa shape index (κ3) is 4.66. The molecule has 18 heavy (non-hydrogen) atoms. The number of carbonyl (C=O) groups is 2. The molecule has 1 unspecified atom stereocenters. The Balaban J connectivity index is 2.52. The number of hydrogen-bond donors (Lipinski definition) is 2. The molecule has 0 fully saturated rings. The lowest BCUT2D eigenvalue weighted by Gasteiger charge is -2.10. The van der Waals surface area contributed by atoms with Crippen LogP contribution in [0.3, 0.4) is 0 Å². The van der Waals surface area contributed by atoms with Crippen LogP contribution in [0.25, 0.3) is 0 Å². The van der Waals surface area contributed by atoms with E-state index in [0.717, 1.165) is 4.47 Å². The number of benzene rings is 1. The minimum absolute atomic E-state index is 0.181. The zero-order valence-corrected chi connectivity index (χ0v) is 11.6. The maximum atomic E-state index is 13.4. The molecule has 1 atom stereocenters. The van der Waals surface area contributed by atoms with Crippen LogP contribution in [0.2, 0.25) is 0 Å². The van der Waals surface area contributed by atoms with Crippen molar-refractivity contribution < 1.29 is 19.1 Å². The Labute approximate surface area is 116 Å². The second-order valence-corrected chi connectivity index (χ2v) is 5.37. The summed E-state index contributed by atoms with van der Waals surface area (Å²) in [6.45, 7) is 0. The molecule has 0 spiro atoms. The highest BCUT2D eigenvalue weighted by molar-refractivity contribution is 9.10. The van der Waals surface area contributed by atoms with Gasteiger partial charge in [-0.1, -0.05) is 15.9 Å². The van der Waals surface area contributed by atoms with E-state index in [1.54, 1.807) is 12.1 Å². The number of halogens is 2. The molecule has 1 aromatic carbocycles. The van der Waals surface area contributed by atoms with E-state index in [4.69, 9.17) is 5.11 Å². The van der Waals surface area contributed by atoms with Gasteiger partial charge in [-0.25, -0.2) is 9.18 Å². The van der Waals surface area contributed by atoms with Crippen LogP contribution in [-0.2, 0) is 15.3 Å². The maximum absolute atomic E-state index is 13.4. The third-order valence-electron chi connectivity index (χ3n) is 2.12. The van der Waals surface area contributed by atoms with Crippen molar-refractivity contribution in [2.75, 3.05) is 5.75 Å². The number of thioether (sulfide) groups is 1. The summed E-state index contributed by atoms with van der Waals surface area (Å²) < 4.78 is 14.1. The summed E-state index contributed by atoms with van der Waals surface area (Å²) >= 11 is 4.48. The molecule has 4 nitrogen and oxygen atoms in total. The number of nitrogens with one attached hydrogen (secondary N) is 1. The van der Waals surface area contributed by atoms with E-state index in [-0.39, 0.29) is 11.6 Å². The number of carbonyl (C=O) groups excluding carboxylic acids is 1. The van der Waals surface area contributed by atoms with E-state index in [0.29, 0.717) is 17.7 Å². The smallest absolute Gasteiger partial charge is 0.327 e. The van der Waals surface area contributed by atoms with Gasteiger partial charge in [0.05, 0.1) is 0 Å². The molecule has 7 heteroatoms. The van der Waals surface area contributed by atoms with E-state index in [2.05, 4.69) is 21.2 Å². The molecular weight excluding hydrogens is 325 g/mol. The lowest BCUT2D eigenvalue weighted by Crippen LogP contribution is -2.37. The largest absolute Gasteiger partial charge is 0.480 e. The first-order valence-corrected chi connectivity index (χ1v) is 6.93. The predicted molar refractivity (Wildman–Crippen MR) is 70.9 cm³/mol. The summed E-state index contributed by atoms with van der Waals surface area (Å²) in [6.07, 6.45) is 0.346. The fraction of sp³-hybridized carbons (Fsp3) is 0.273. The Morgan fingerprint density at radius 2 is 2.33 bits per heavy atom. The van der Waals surface area contributed by atoms with Crippen LogP contribution in [0, 0.1) is 5.82 Å². The average Bonchev–Trinajstić information content (AvgIpc) is 2.32. The Kier molecular flexibility index (Phi) is 6.14. The van der Waals surface area contributed by atoms with Crippen molar-refractivity contribution in [1.29, 1.82) is 0 Å². The number of aliphatic carboxylic acids is 1. The van der Waals surface area contributed by atoms with Crippen molar-refractivity contribution in [2.24, 2.45) is 0 Å². The van der Waals surface area contributed by atoms with Gasteiger partial charge in [0.1, 0.15) is 11.9 Å². The van der Waals surface area contributed by atoms with Crippen molar-refractivity contribution in [1.82, 2.24) is 5.32 Å². The monoisotopic (exact) mass is 335 g/mol. The van der Waals surface area contributed by atoms with Gasteiger partial charge in [-0.3, -0.25) is 4.79 Å². The van der Waals surface area contributed by atoms with Crippen molar-refractivity contribution in [3.63, 3.8) is 0 Å². The fourth-order valence-electron chi connectivity index (χ4n) is 1.21. The van der Waals surface area contributed by atoms with Gasteiger partial charge in [0.15, 0.2) is 0 Å². The number of amides is 1. The lowest BCUT2D eigenvalue weighted by atomic mass is 10.2. The third-order valence-corrected chi connectivity index (χ3v) is 3.69. The summed E-state index contributed by atoms with van der Waals surface area (Å²) in [7, 11) is 0. The first-order valence-electron chi connectivity index (χ1n) is 4.98. The molecule has 0 saturated heterocycles. The predicted octanol–water partition coefficient (Wildman–Crippen LogP) is 2.02. The summed E-state index contributed by atoms with van der Waals surface area (Å²) in [5.74, 6) is -0.916. The van der Waals surface area contributed by atoms with E-state index in [1.807, 2.05) is 0 Å². The van der Waals surface area contributed by atoms with Crippen LogP contribution in [0.15, 0.2) is 22.7 Å². The molecule has 0 aromatic heterocycles. The zero-order chi connectivity index (χ0) is 13.5. The zero-order valence-electron chi connectivity index (χ0n) is 9.23. The first-order chi connectivity index (χ1) is 8.54. The number of rotatable bonds is 7. The Hall–Kier alpha value is -1.08. The normalized spacial score (nSPS) is 11.9. The van der Waals surface area contributed by atoms with E-state index in [9.17, 15) is 14.0 Å². The van der Waals surface area contributed by atoms with Crippen molar-refractivity contribution >= 4 is 40.1 Å². The van der Waals surface area contributed by atoms with Crippen LogP contribution >= 0.6 is 27.7 Å². The van der Waals surface area contributed by atoms with Crippen LogP contribution in [0.5, 0.6) is 0 Å². The molecule has 0 heterocycles. The molecule has 0 aliphatic carbocycles. The molecule has 0 aliphatic rings. The highest BCUT2D eigenvalue weighted by atomic mass is 79.9. The molecular formula is C11H11BrFNO3S. The van der Waals surface area contributed by atoms with Gasteiger partial charge >= 0.3 is 5.97 Å². The Bertz CT molecular complexity index is 444. The van der Waals surface area contributed by atoms with Crippen LogP contribution in [0.1, 0.15) is 5.56 Å². The second-order valence-electron chi connectivity index (χ2n) is 3.43. The van der Waals surface area contributed by atoms with Gasteiger partial charge in [0.2, 0.25) is 6.41 Å². The first kappa shape index (κ1) is 15.0. The summed E-state index contributed by atoms with van der Waals surface area (Å²) in [5.41, 5.74) is 0.490. The van der Waals surface area contributed by atoms with E-state index < -0.39 is 12.0 Å². The Morgan fingerprint density at radius 3 is 2.94 bits per heavy atom. The molecule has 0 radical (unpaired) electrons. The minimum Gasteiger partial charge on any atom is -0.480 e. The number of carboxylic acids is 1. The van der Waals surface area contributed by atoms with Crippen LogP contribution < -0.4 is 5.32 Å². The second kappa shape index (κ2) is 7.38. The van der Waals surface area contributed by atoms with Gasteiger partial charge in [0, 0.05) is 16.0 Å². The topological polar surface area (TPSA) is 66.4 Å². The maximum Gasteiger partial charge on any atom is 0.327 e. The molecule has 0 bridgehead atoms. The number of carboxylic acid groups (broad SMARTS) is 1. The van der Waals surface area contributed by atoms with Crippen molar-refractivity contribution in [3.05, 3.63) is 34.1 Å². The molecule has 1 rings (SSSR count). The SMILES string of the molecule is O=CNC(CSCc1cc(Br)ccc1F)C(=O)O. The minimum atomic E-state index is -1.11. The Morgan fingerprint density at radius 1 is 1.61 bits per heavy atom. The summed E-state index contributed by atoms with van der Waals surface area (Å²) in [5, 5.41) is 11.0. The molecule has 2 N–H and O–H groups in total. The van der Waals surface area contributed by atoms with Gasteiger partial charge in [-0.15, -0.1) is 0 Å². The van der Waals surface area contributed by atoms with Gasteiger partial charge in [-0.05, 0) is 23.8 Å². The number of hydrogen-bond acceptors (Lipinski definition) is 3. The highest BCUT2D eigenvalue weighted by Gasteiger charge is 2.16. The lowest BCUT2D eigenvalue weighted by molar-refractivity contribution is -0.139. The summed E-state index contributed by atoms with van der Waals surface area (Å²) in [4.78, 5) is 20.9. The van der Waals surface area contributed by atoms with Gasteiger partial charge in [0.25, 0.3) is 0 Å². The average molecular weight is 336 g/mol. The fourth-order valence-corrected chi connectivity index (χ4v) is 2.66. The van der Waals surface area contributed by atoms with Gasteiger partial charge < -0.3 is 10.4 Å². The molecule has 98 valence electrons. The molecule has 0 saturated carbocycles. The standard InChI is InChI=1S/C11H11BrFNO3S/c12-8-1-2-9(13)7(3-8)4-18-5-10(11(16)17)14-6-15/h1-3,6,10H,4-5H2,(H,14,15)(H,16,17). The van der Waals surface area contributed by atoms with Crippen molar-refractivity contribution in [3.8, 4) is 0 Å². The molecule has 0 aliphatic heterocycles. The highest BCUT2D eigenvalue weighted by Crippen LogP contribution is 2.20. The van der Waals surface area contributed by atoms with Crippen molar-refractivity contribution in [2.45, 2.75) is 11.8 Å². The van der Waals surface area contributed by atoms with Gasteiger partial charge in [-0.2, -0.15) is 11.8 Å². The summed E-state index contributed by atoms with van der Waals surface area (Å²) in [6, 6.07) is 3.63. The van der Waals surface area contributed by atoms with Crippen LogP contribution in [-0.4, -0.2) is 29.3 Å². The molecule has 1 amide bonds. The quantitative estimate of drug-likeness (QED) is 0.748. The molecule has 1 aromatic rings. The van der Waals surface area contributed by atoms with E-state index in [1.165, 1.54) is 17.8 Å².